The Morgan fingerprint density at radius 1 is 1.44 bits per heavy atom. The average molecular weight is 287 g/mol. The summed E-state index contributed by atoms with van der Waals surface area (Å²) in [6.07, 6.45) is 0.905. The minimum atomic E-state index is -0.147. The fraction of sp³-hybridized carbons (Fsp3) is 0.500. The molecule has 0 fully saturated rings. The second-order valence-electron chi connectivity index (χ2n) is 4.51. The largest absolute Gasteiger partial charge is 0.495 e. The Kier molecular flexibility index (Phi) is 4.62. The SMILES string of the molecule is COc1ccc(Br)cc1NCCC(C)(C)N. The van der Waals surface area contributed by atoms with Gasteiger partial charge in [0, 0.05) is 16.6 Å². The van der Waals surface area contributed by atoms with Gasteiger partial charge in [-0.15, -0.1) is 0 Å². The van der Waals surface area contributed by atoms with Crippen LogP contribution in [0.3, 0.4) is 0 Å². The Labute approximate surface area is 105 Å². The lowest BCUT2D eigenvalue weighted by Crippen LogP contribution is -2.34. The highest BCUT2D eigenvalue weighted by Gasteiger charge is 2.10. The number of methoxy groups -OCH3 is 1. The first-order valence-electron chi connectivity index (χ1n) is 5.29. The lowest BCUT2D eigenvalue weighted by Gasteiger charge is -2.19. The summed E-state index contributed by atoms with van der Waals surface area (Å²) >= 11 is 3.44. The van der Waals surface area contributed by atoms with Crippen molar-refractivity contribution >= 4 is 21.6 Å². The lowest BCUT2D eigenvalue weighted by atomic mass is 10.0. The second kappa shape index (κ2) is 5.55. The van der Waals surface area contributed by atoms with E-state index in [9.17, 15) is 0 Å². The molecular formula is C12H19BrN2O. The number of nitrogens with one attached hydrogen (secondary N) is 1. The maximum Gasteiger partial charge on any atom is 0.142 e. The highest BCUT2D eigenvalue weighted by Crippen LogP contribution is 2.27. The summed E-state index contributed by atoms with van der Waals surface area (Å²) in [6.45, 7) is 4.87. The van der Waals surface area contributed by atoms with Crippen molar-refractivity contribution in [3.05, 3.63) is 22.7 Å². The van der Waals surface area contributed by atoms with Gasteiger partial charge in [0.2, 0.25) is 0 Å². The highest BCUT2D eigenvalue weighted by molar-refractivity contribution is 9.10. The fourth-order valence-electron chi connectivity index (χ4n) is 1.34. The van der Waals surface area contributed by atoms with Crippen LogP contribution >= 0.6 is 15.9 Å². The quantitative estimate of drug-likeness (QED) is 0.875. The molecule has 16 heavy (non-hydrogen) atoms. The third-order valence-corrected chi connectivity index (χ3v) is 2.74. The first-order valence-corrected chi connectivity index (χ1v) is 6.08. The summed E-state index contributed by atoms with van der Waals surface area (Å²) in [4.78, 5) is 0. The van der Waals surface area contributed by atoms with E-state index in [1.807, 2.05) is 32.0 Å². The van der Waals surface area contributed by atoms with Gasteiger partial charge in [0.05, 0.1) is 12.8 Å². The van der Waals surface area contributed by atoms with Gasteiger partial charge in [-0.05, 0) is 38.5 Å². The van der Waals surface area contributed by atoms with Gasteiger partial charge in [0.15, 0.2) is 0 Å². The molecule has 1 aromatic rings. The van der Waals surface area contributed by atoms with Gasteiger partial charge in [-0.1, -0.05) is 15.9 Å². The standard InChI is InChI=1S/C12H19BrN2O/c1-12(2,14)6-7-15-10-8-9(13)4-5-11(10)16-3/h4-5,8,15H,6-7,14H2,1-3H3. The number of anilines is 1. The number of halogens is 1. The first kappa shape index (κ1) is 13.3. The van der Waals surface area contributed by atoms with Gasteiger partial charge in [0.25, 0.3) is 0 Å². The number of ether oxygens (including phenoxy) is 1. The monoisotopic (exact) mass is 286 g/mol. The molecular weight excluding hydrogens is 268 g/mol. The molecule has 0 aliphatic rings. The van der Waals surface area contributed by atoms with E-state index in [-0.39, 0.29) is 5.54 Å². The molecule has 1 aromatic carbocycles. The van der Waals surface area contributed by atoms with E-state index >= 15 is 0 Å². The number of nitrogens with two attached hydrogens (primary N) is 1. The molecule has 0 radical (unpaired) electrons. The van der Waals surface area contributed by atoms with Crippen molar-refractivity contribution in [3.8, 4) is 5.75 Å². The number of rotatable bonds is 5. The zero-order valence-electron chi connectivity index (χ0n) is 10.0. The van der Waals surface area contributed by atoms with E-state index in [1.54, 1.807) is 7.11 Å². The van der Waals surface area contributed by atoms with E-state index in [2.05, 4.69) is 21.2 Å². The lowest BCUT2D eigenvalue weighted by molar-refractivity contribution is 0.416. The van der Waals surface area contributed by atoms with Crippen LogP contribution in [-0.4, -0.2) is 19.2 Å². The molecule has 90 valence electrons. The maximum absolute atomic E-state index is 5.92. The van der Waals surface area contributed by atoms with Crippen LogP contribution in [0.25, 0.3) is 0 Å². The highest BCUT2D eigenvalue weighted by atomic mass is 79.9. The Morgan fingerprint density at radius 3 is 2.69 bits per heavy atom. The maximum atomic E-state index is 5.92. The van der Waals surface area contributed by atoms with Gasteiger partial charge in [-0.3, -0.25) is 0 Å². The van der Waals surface area contributed by atoms with E-state index in [0.717, 1.165) is 28.9 Å². The first-order chi connectivity index (χ1) is 7.42. The minimum absolute atomic E-state index is 0.147. The van der Waals surface area contributed by atoms with Gasteiger partial charge in [-0.25, -0.2) is 0 Å². The van der Waals surface area contributed by atoms with E-state index < -0.39 is 0 Å². The Bertz CT molecular complexity index is 347. The molecule has 3 nitrogen and oxygen atoms in total. The zero-order valence-corrected chi connectivity index (χ0v) is 11.6. The third-order valence-electron chi connectivity index (χ3n) is 2.25. The summed E-state index contributed by atoms with van der Waals surface area (Å²) in [5.41, 5.74) is 6.76. The summed E-state index contributed by atoms with van der Waals surface area (Å²) in [7, 11) is 1.67. The van der Waals surface area contributed by atoms with Gasteiger partial charge < -0.3 is 15.8 Å². The molecule has 0 heterocycles. The molecule has 0 aromatic heterocycles. The topological polar surface area (TPSA) is 47.3 Å². The molecule has 0 saturated carbocycles. The number of benzene rings is 1. The molecule has 0 saturated heterocycles. The smallest absolute Gasteiger partial charge is 0.142 e. The molecule has 0 spiro atoms. The fourth-order valence-corrected chi connectivity index (χ4v) is 1.70. The van der Waals surface area contributed by atoms with Crippen LogP contribution in [0.4, 0.5) is 5.69 Å². The summed E-state index contributed by atoms with van der Waals surface area (Å²) in [5.74, 6) is 0.845. The molecule has 0 unspecified atom stereocenters. The Hall–Kier alpha value is -0.740. The molecule has 0 atom stereocenters. The van der Waals surface area contributed by atoms with Crippen molar-refractivity contribution in [2.24, 2.45) is 5.73 Å². The van der Waals surface area contributed by atoms with E-state index in [1.165, 1.54) is 0 Å². The predicted molar refractivity (Wildman–Crippen MR) is 72.1 cm³/mol. The van der Waals surface area contributed by atoms with Crippen molar-refractivity contribution in [2.75, 3.05) is 19.0 Å². The second-order valence-corrected chi connectivity index (χ2v) is 5.43. The molecule has 4 heteroatoms. The van der Waals surface area contributed by atoms with E-state index in [0.29, 0.717) is 0 Å². The number of hydrogen-bond acceptors (Lipinski definition) is 3. The molecule has 1 rings (SSSR count). The molecule has 0 aliphatic carbocycles. The minimum Gasteiger partial charge on any atom is -0.495 e. The van der Waals surface area contributed by atoms with Crippen LogP contribution in [0.2, 0.25) is 0 Å². The van der Waals surface area contributed by atoms with Crippen molar-refractivity contribution in [1.82, 2.24) is 0 Å². The Morgan fingerprint density at radius 2 is 2.12 bits per heavy atom. The van der Waals surface area contributed by atoms with Crippen molar-refractivity contribution in [1.29, 1.82) is 0 Å². The van der Waals surface area contributed by atoms with Crippen molar-refractivity contribution < 1.29 is 4.74 Å². The molecule has 0 bridgehead atoms. The van der Waals surface area contributed by atoms with Gasteiger partial charge in [-0.2, -0.15) is 0 Å². The van der Waals surface area contributed by atoms with Crippen LogP contribution in [0.5, 0.6) is 5.75 Å². The van der Waals surface area contributed by atoms with Crippen LogP contribution in [0, 0.1) is 0 Å². The third kappa shape index (κ3) is 4.41. The summed E-state index contributed by atoms with van der Waals surface area (Å²) < 4.78 is 6.30. The molecule has 3 N–H and O–H groups in total. The van der Waals surface area contributed by atoms with Crippen LogP contribution in [0.1, 0.15) is 20.3 Å². The predicted octanol–water partition coefficient (Wildman–Crippen LogP) is 3.00. The van der Waals surface area contributed by atoms with Crippen LogP contribution in [-0.2, 0) is 0 Å². The molecule has 0 aliphatic heterocycles. The van der Waals surface area contributed by atoms with Crippen molar-refractivity contribution in [2.45, 2.75) is 25.8 Å². The molecule has 0 amide bonds. The van der Waals surface area contributed by atoms with Crippen molar-refractivity contribution in [3.63, 3.8) is 0 Å². The zero-order chi connectivity index (χ0) is 12.2. The van der Waals surface area contributed by atoms with Crippen LogP contribution < -0.4 is 15.8 Å². The normalized spacial score (nSPS) is 11.3. The average Bonchev–Trinajstić information content (AvgIpc) is 2.16. The van der Waals surface area contributed by atoms with Crippen LogP contribution in [0.15, 0.2) is 22.7 Å². The summed E-state index contributed by atoms with van der Waals surface area (Å²) in [6, 6.07) is 5.89. The van der Waals surface area contributed by atoms with Gasteiger partial charge >= 0.3 is 0 Å². The summed E-state index contributed by atoms with van der Waals surface area (Å²) in [5, 5.41) is 3.33. The number of hydrogen-bond donors (Lipinski definition) is 2. The Balaban J connectivity index is 2.62. The van der Waals surface area contributed by atoms with Gasteiger partial charge in [0.1, 0.15) is 5.75 Å². The van der Waals surface area contributed by atoms with E-state index in [4.69, 9.17) is 10.5 Å².